The average molecular weight is 226 g/mol. The van der Waals surface area contributed by atoms with Gasteiger partial charge in [-0.15, -0.1) is 0 Å². The Hall–Kier alpha value is -1.19. The molecule has 0 aliphatic rings. The van der Waals surface area contributed by atoms with Crippen LogP contribution in [0.5, 0.6) is 5.75 Å². The van der Waals surface area contributed by atoms with Crippen LogP contribution in [0, 0.1) is 0 Å². The van der Waals surface area contributed by atoms with Crippen molar-refractivity contribution in [2.45, 2.75) is 6.42 Å². The Labute approximate surface area is 92.8 Å². The van der Waals surface area contributed by atoms with Crippen molar-refractivity contribution in [3.63, 3.8) is 0 Å². The van der Waals surface area contributed by atoms with Gasteiger partial charge in [0.1, 0.15) is 11.3 Å². The predicted molar refractivity (Wildman–Crippen MR) is 60.5 cm³/mol. The highest BCUT2D eigenvalue weighted by Crippen LogP contribution is 2.30. The van der Waals surface area contributed by atoms with Crippen LogP contribution in [0.4, 0.5) is 0 Å². The zero-order valence-corrected chi connectivity index (χ0v) is 9.17. The van der Waals surface area contributed by atoms with Crippen LogP contribution in [0.1, 0.15) is 5.56 Å². The summed E-state index contributed by atoms with van der Waals surface area (Å²) in [5.74, 6) is 0.824. The molecule has 1 aromatic heterocycles. The van der Waals surface area contributed by atoms with Crippen molar-refractivity contribution in [2.24, 2.45) is 5.73 Å². The molecule has 0 radical (unpaired) electrons. The second kappa shape index (κ2) is 4.13. The number of methoxy groups -OCH3 is 1. The summed E-state index contributed by atoms with van der Waals surface area (Å²) in [6.07, 6.45) is 0.761. The molecule has 2 aromatic rings. The number of benzene rings is 1. The lowest BCUT2D eigenvalue weighted by Crippen LogP contribution is -2.04. The lowest BCUT2D eigenvalue weighted by molar-refractivity contribution is 0.410. The van der Waals surface area contributed by atoms with Crippen LogP contribution in [0.2, 0.25) is 5.22 Å². The molecule has 80 valence electrons. The van der Waals surface area contributed by atoms with Crippen LogP contribution >= 0.6 is 11.6 Å². The van der Waals surface area contributed by atoms with E-state index in [2.05, 4.69) is 0 Å². The maximum atomic E-state index is 5.78. The van der Waals surface area contributed by atoms with Gasteiger partial charge in [0.15, 0.2) is 5.22 Å². The maximum Gasteiger partial charge on any atom is 0.194 e. The van der Waals surface area contributed by atoms with Gasteiger partial charge in [0.25, 0.3) is 0 Å². The number of ether oxygens (including phenoxy) is 1. The second-order valence-corrected chi connectivity index (χ2v) is 3.66. The number of nitrogens with two attached hydrogens (primary N) is 1. The van der Waals surface area contributed by atoms with Gasteiger partial charge in [-0.1, -0.05) is 0 Å². The molecule has 0 spiro atoms. The first-order valence-corrected chi connectivity index (χ1v) is 5.08. The summed E-state index contributed by atoms with van der Waals surface area (Å²) in [6.45, 7) is 0.580. The van der Waals surface area contributed by atoms with Crippen molar-refractivity contribution in [3.05, 3.63) is 29.0 Å². The highest BCUT2D eigenvalue weighted by Gasteiger charge is 2.08. The minimum atomic E-state index is 0.386. The number of fused-ring (bicyclic) bond motifs is 1. The van der Waals surface area contributed by atoms with E-state index in [0.29, 0.717) is 11.8 Å². The summed E-state index contributed by atoms with van der Waals surface area (Å²) in [7, 11) is 1.64. The zero-order valence-electron chi connectivity index (χ0n) is 8.42. The molecular formula is C11H12ClNO2. The summed E-state index contributed by atoms with van der Waals surface area (Å²) in [5.41, 5.74) is 7.33. The van der Waals surface area contributed by atoms with Gasteiger partial charge in [0.2, 0.25) is 0 Å². The molecule has 2 rings (SSSR count). The molecule has 2 N–H and O–H groups in total. The number of hydrogen-bond acceptors (Lipinski definition) is 3. The monoisotopic (exact) mass is 225 g/mol. The van der Waals surface area contributed by atoms with E-state index >= 15 is 0 Å². The summed E-state index contributed by atoms with van der Waals surface area (Å²) in [6, 6.07) is 5.61. The third-order valence-corrected chi connectivity index (χ3v) is 2.49. The molecule has 0 unspecified atom stereocenters. The van der Waals surface area contributed by atoms with Crippen molar-refractivity contribution < 1.29 is 9.15 Å². The maximum absolute atomic E-state index is 5.78. The molecular weight excluding hydrogens is 214 g/mol. The summed E-state index contributed by atoms with van der Waals surface area (Å²) >= 11 is 5.78. The summed E-state index contributed by atoms with van der Waals surface area (Å²) < 4.78 is 10.6. The van der Waals surface area contributed by atoms with Gasteiger partial charge in [-0.05, 0) is 42.3 Å². The summed E-state index contributed by atoms with van der Waals surface area (Å²) in [5, 5.41) is 1.33. The molecule has 3 nitrogen and oxygen atoms in total. The lowest BCUT2D eigenvalue weighted by atomic mass is 10.1. The first kappa shape index (κ1) is 10.3. The van der Waals surface area contributed by atoms with E-state index in [1.165, 1.54) is 0 Å². The predicted octanol–water partition coefficient (Wildman–Crippen LogP) is 2.60. The Kier molecular flexibility index (Phi) is 2.84. The molecule has 0 fully saturated rings. The van der Waals surface area contributed by atoms with Gasteiger partial charge in [0.05, 0.1) is 7.11 Å². The topological polar surface area (TPSA) is 48.4 Å². The normalized spacial score (nSPS) is 10.9. The van der Waals surface area contributed by atoms with Gasteiger partial charge >= 0.3 is 0 Å². The Morgan fingerprint density at radius 1 is 1.40 bits per heavy atom. The van der Waals surface area contributed by atoms with Gasteiger partial charge in [-0.3, -0.25) is 0 Å². The highest BCUT2D eigenvalue weighted by molar-refractivity contribution is 6.29. The quantitative estimate of drug-likeness (QED) is 0.874. The second-order valence-electron chi connectivity index (χ2n) is 3.29. The van der Waals surface area contributed by atoms with Crippen molar-refractivity contribution in [1.29, 1.82) is 0 Å². The summed E-state index contributed by atoms with van der Waals surface area (Å²) in [4.78, 5) is 0. The largest absolute Gasteiger partial charge is 0.496 e. The van der Waals surface area contributed by atoms with E-state index in [1.54, 1.807) is 13.2 Å². The van der Waals surface area contributed by atoms with E-state index in [-0.39, 0.29) is 0 Å². The molecule has 0 aliphatic heterocycles. The molecule has 0 saturated heterocycles. The molecule has 0 aliphatic carbocycles. The fourth-order valence-corrected chi connectivity index (χ4v) is 1.82. The van der Waals surface area contributed by atoms with E-state index in [1.807, 2.05) is 12.1 Å². The molecule has 0 saturated carbocycles. The molecule has 1 aromatic carbocycles. The standard InChI is InChI=1S/C11H12ClNO2/c1-14-9-5-8-6-11(12)15-10(8)4-7(9)2-3-13/h4-6H,2-3,13H2,1H3. The van der Waals surface area contributed by atoms with Crippen molar-refractivity contribution in [2.75, 3.05) is 13.7 Å². The van der Waals surface area contributed by atoms with Crippen LogP contribution in [0.25, 0.3) is 11.0 Å². The third-order valence-electron chi connectivity index (χ3n) is 2.30. The molecule has 4 heteroatoms. The van der Waals surface area contributed by atoms with Crippen LogP contribution < -0.4 is 10.5 Å². The van der Waals surface area contributed by atoms with E-state index in [0.717, 1.165) is 28.7 Å². The van der Waals surface area contributed by atoms with Gasteiger partial charge in [0, 0.05) is 11.5 Å². The number of hydrogen-bond donors (Lipinski definition) is 1. The minimum absolute atomic E-state index is 0.386. The van der Waals surface area contributed by atoms with E-state index in [9.17, 15) is 0 Å². The van der Waals surface area contributed by atoms with Crippen molar-refractivity contribution in [1.82, 2.24) is 0 Å². The smallest absolute Gasteiger partial charge is 0.194 e. The van der Waals surface area contributed by atoms with Crippen LogP contribution in [-0.2, 0) is 6.42 Å². The highest BCUT2D eigenvalue weighted by atomic mass is 35.5. The van der Waals surface area contributed by atoms with E-state index in [4.69, 9.17) is 26.5 Å². The Morgan fingerprint density at radius 2 is 2.20 bits per heavy atom. The first-order valence-electron chi connectivity index (χ1n) is 4.70. The Balaban J connectivity index is 2.57. The van der Waals surface area contributed by atoms with Gasteiger partial charge in [-0.25, -0.2) is 0 Å². The lowest BCUT2D eigenvalue weighted by Gasteiger charge is -2.06. The van der Waals surface area contributed by atoms with E-state index < -0.39 is 0 Å². The fraction of sp³-hybridized carbons (Fsp3) is 0.273. The average Bonchev–Trinajstić information content (AvgIpc) is 2.56. The van der Waals surface area contributed by atoms with Crippen molar-refractivity contribution in [3.8, 4) is 5.75 Å². The first-order chi connectivity index (χ1) is 7.24. The Morgan fingerprint density at radius 3 is 2.87 bits per heavy atom. The van der Waals surface area contributed by atoms with Crippen LogP contribution in [0.3, 0.4) is 0 Å². The SMILES string of the molecule is COc1cc2cc(Cl)oc2cc1CCN. The van der Waals surface area contributed by atoms with Crippen LogP contribution in [0.15, 0.2) is 22.6 Å². The van der Waals surface area contributed by atoms with Gasteiger partial charge in [-0.2, -0.15) is 0 Å². The van der Waals surface area contributed by atoms with Crippen LogP contribution in [-0.4, -0.2) is 13.7 Å². The molecule has 0 bridgehead atoms. The number of halogens is 1. The van der Waals surface area contributed by atoms with Gasteiger partial charge < -0.3 is 14.9 Å². The number of rotatable bonds is 3. The number of furan rings is 1. The molecule has 0 atom stereocenters. The molecule has 0 amide bonds. The zero-order chi connectivity index (χ0) is 10.8. The third kappa shape index (κ3) is 1.94. The minimum Gasteiger partial charge on any atom is -0.496 e. The molecule has 1 heterocycles. The Bertz CT molecular complexity index is 479. The fourth-order valence-electron chi connectivity index (χ4n) is 1.62. The van der Waals surface area contributed by atoms with Crippen molar-refractivity contribution >= 4 is 22.6 Å². The molecule has 15 heavy (non-hydrogen) atoms.